The molecule has 0 radical (unpaired) electrons. The molecular weight excluding hydrogens is 236 g/mol. The molecule has 0 heterocycles. The minimum Gasteiger partial charge on any atom is -0.377 e. The number of hydrogen-bond acceptors (Lipinski definition) is 2. The lowest BCUT2D eigenvalue weighted by Gasteiger charge is -2.33. The van der Waals surface area contributed by atoms with Crippen molar-refractivity contribution < 1.29 is 9.90 Å². The molecule has 3 aliphatic rings. The molecule has 98 valence electrons. The Morgan fingerprint density at radius 3 is 2.89 bits per heavy atom. The van der Waals surface area contributed by atoms with E-state index in [0.717, 1.165) is 18.4 Å². The summed E-state index contributed by atoms with van der Waals surface area (Å²) >= 11 is 0. The number of carbonyl (C=O) groups is 1. The van der Waals surface area contributed by atoms with Gasteiger partial charge >= 0.3 is 0 Å². The van der Waals surface area contributed by atoms with Gasteiger partial charge in [0.1, 0.15) is 0 Å². The van der Waals surface area contributed by atoms with Gasteiger partial charge in [0.15, 0.2) is 11.4 Å². The third-order valence-electron chi connectivity index (χ3n) is 5.47. The Morgan fingerprint density at radius 1 is 1.32 bits per heavy atom. The highest BCUT2D eigenvalue weighted by molar-refractivity contribution is 5.93. The van der Waals surface area contributed by atoms with E-state index in [4.69, 9.17) is 0 Å². The molecule has 19 heavy (non-hydrogen) atoms. The average molecular weight is 254 g/mol. The summed E-state index contributed by atoms with van der Waals surface area (Å²) in [7, 11) is 0. The van der Waals surface area contributed by atoms with E-state index in [9.17, 15) is 9.90 Å². The summed E-state index contributed by atoms with van der Waals surface area (Å²) in [6.07, 6.45) is 4.79. The molecule has 1 aromatic rings. The van der Waals surface area contributed by atoms with E-state index in [1.54, 1.807) is 0 Å². The Hall–Kier alpha value is -1.41. The Labute approximate surface area is 113 Å². The number of ketones is 1. The molecule has 1 aromatic carbocycles. The third kappa shape index (κ3) is 1.19. The largest absolute Gasteiger partial charge is 0.377 e. The summed E-state index contributed by atoms with van der Waals surface area (Å²) in [6, 6.07) is 7.98. The second-order valence-corrected chi connectivity index (χ2v) is 6.09. The standard InChI is InChI=1S/C17H18O2/c1-2-10-7-8-12-11-5-3-4-6-14(11)17(19)15(18)9-13(10)16(12)17/h3-7,12-13,16,19H,2,8-9H2,1H3/t12-,13-,16+,17+/m0/s1. The van der Waals surface area contributed by atoms with Crippen molar-refractivity contribution in [2.75, 3.05) is 0 Å². The van der Waals surface area contributed by atoms with Crippen LogP contribution >= 0.6 is 0 Å². The number of Topliss-reactive ketones (excluding diaryl/α,β-unsaturated/α-hetero) is 1. The Kier molecular flexibility index (Phi) is 2.15. The molecule has 0 saturated heterocycles. The van der Waals surface area contributed by atoms with Crippen LogP contribution in [0.5, 0.6) is 0 Å². The monoisotopic (exact) mass is 254 g/mol. The second kappa shape index (κ2) is 3.57. The third-order valence-corrected chi connectivity index (χ3v) is 5.47. The van der Waals surface area contributed by atoms with E-state index in [0.29, 0.717) is 12.3 Å². The zero-order chi connectivity index (χ0) is 13.2. The molecule has 1 N–H and O–H groups in total. The molecule has 0 spiro atoms. The first-order valence-electron chi connectivity index (χ1n) is 7.22. The first kappa shape index (κ1) is 11.4. The summed E-state index contributed by atoms with van der Waals surface area (Å²) < 4.78 is 0. The molecule has 2 nitrogen and oxygen atoms in total. The molecule has 2 heteroatoms. The summed E-state index contributed by atoms with van der Waals surface area (Å²) in [5.41, 5.74) is 2.24. The Bertz CT molecular complexity index is 601. The van der Waals surface area contributed by atoms with E-state index < -0.39 is 5.60 Å². The maximum Gasteiger partial charge on any atom is 0.169 e. The lowest BCUT2D eigenvalue weighted by molar-refractivity contribution is -0.137. The van der Waals surface area contributed by atoms with E-state index in [1.165, 1.54) is 11.1 Å². The van der Waals surface area contributed by atoms with Crippen molar-refractivity contribution in [3.8, 4) is 0 Å². The highest BCUT2D eigenvalue weighted by Crippen LogP contribution is 2.62. The number of carbonyl (C=O) groups excluding carboxylic acids is 1. The molecule has 1 fully saturated rings. The van der Waals surface area contributed by atoms with E-state index in [-0.39, 0.29) is 17.6 Å². The van der Waals surface area contributed by atoms with Gasteiger partial charge in [0.25, 0.3) is 0 Å². The van der Waals surface area contributed by atoms with Crippen molar-refractivity contribution in [3.05, 3.63) is 47.0 Å². The van der Waals surface area contributed by atoms with Crippen LogP contribution in [0.25, 0.3) is 0 Å². The van der Waals surface area contributed by atoms with Crippen molar-refractivity contribution in [1.82, 2.24) is 0 Å². The van der Waals surface area contributed by atoms with Gasteiger partial charge in [-0.1, -0.05) is 42.8 Å². The van der Waals surface area contributed by atoms with Crippen molar-refractivity contribution in [2.24, 2.45) is 11.8 Å². The van der Waals surface area contributed by atoms with Crippen LogP contribution in [0.3, 0.4) is 0 Å². The number of aliphatic hydroxyl groups is 1. The van der Waals surface area contributed by atoms with Crippen LogP contribution in [0.1, 0.15) is 43.2 Å². The van der Waals surface area contributed by atoms with Gasteiger partial charge in [-0.25, -0.2) is 0 Å². The van der Waals surface area contributed by atoms with Crippen molar-refractivity contribution in [2.45, 2.75) is 37.7 Å². The smallest absolute Gasteiger partial charge is 0.169 e. The molecule has 0 aromatic heterocycles. The Balaban J connectivity index is 1.95. The van der Waals surface area contributed by atoms with Gasteiger partial charge in [0, 0.05) is 12.3 Å². The van der Waals surface area contributed by atoms with Gasteiger partial charge in [0.2, 0.25) is 0 Å². The van der Waals surface area contributed by atoms with Crippen LogP contribution in [-0.4, -0.2) is 10.9 Å². The fraction of sp³-hybridized carbons (Fsp3) is 0.471. The van der Waals surface area contributed by atoms with Crippen molar-refractivity contribution in [3.63, 3.8) is 0 Å². The minimum absolute atomic E-state index is 0.0266. The lowest BCUT2D eigenvalue weighted by Crippen LogP contribution is -2.36. The SMILES string of the molecule is CCC1=CC[C@H]2c3ccccc3[C@@]3(O)C(=O)C[C@@H]1[C@@H]23. The predicted molar refractivity (Wildman–Crippen MR) is 72.7 cm³/mol. The number of rotatable bonds is 1. The van der Waals surface area contributed by atoms with Crippen molar-refractivity contribution >= 4 is 5.78 Å². The van der Waals surface area contributed by atoms with E-state index >= 15 is 0 Å². The highest BCUT2D eigenvalue weighted by atomic mass is 16.3. The first-order chi connectivity index (χ1) is 9.17. The van der Waals surface area contributed by atoms with Crippen LogP contribution in [-0.2, 0) is 10.4 Å². The van der Waals surface area contributed by atoms with Gasteiger partial charge < -0.3 is 5.11 Å². The van der Waals surface area contributed by atoms with Gasteiger partial charge in [-0.3, -0.25) is 4.79 Å². The Morgan fingerprint density at radius 2 is 2.11 bits per heavy atom. The van der Waals surface area contributed by atoms with Crippen LogP contribution < -0.4 is 0 Å². The number of hydrogen-bond donors (Lipinski definition) is 1. The molecule has 4 atom stereocenters. The van der Waals surface area contributed by atoms with E-state index in [1.807, 2.05) is 18.2 Å². The molecule has 0 aliphatic heterocycles. The van der Waals surface area contributed by atoms with Gasteiger partial charge in [0.05, 0.1) is 0 Å². The van der Waals surface area contributed by atoms with Crippen molar-refractivity contribution in [1.29, 1.82) is 0 Å². The molecule has 0 amide bonds. The molecule has 0 unspecified atom stereocenters. The minimum atomic E-state index is -1.21. The quantitative estimate of drug-likeness (QED) is 0.782. The zero-order valence-corrected chi connectivity index (χ0v) is 11.1. The average Bonchev–Trinajstić information content (AvgIpc) is 2.86. The van der Waals surface area contributed by atoms with Crippen LogP contribution in [0.15, 0.2) is 35.9 Å². The highest BCUT2D eigenvalue weighted by Gasteiger charge is 2.63. The first-order valence-corrected chi connectivity index (χ1v) is 7.22. The normalized spacial score (nSPS) is 38.9. The summed E-state index contributed by atoms with van der Waals surface area (Å²) in [5, 5.41) is 11.1. The van der Waals surface area contributed by atoms with Gasteiger partial charge in [-0.15, -0.1) is 0 Å². The fourth-order valence-corrected chi connectivity index (χ4v) is 4.69. The second-order valence-electron chi connectivity index (χ2n) is 6.09. The lowest BCUT2D eigenvalue weighted by atomic mass is 9.71. The number of fused-ring (bicyclic) bond motifs is 3. The maximum atomic E-state index is 12.5. The zero-order valence-electron chi connectivity index (χ0n) is 11.1. The molecule has 4 rings (SSSR count). The molecule has 1 saturated carbocycles. The van der Waals surface area contributed by atoms with Crippen LogP contribution in [0.2, 0.25) is 0 Å². The van der Waals surface area contributed by atoms with Gasteiger partial charge in [-0.2, -0.15) is 0 Å². The summed E-state index contributed by atoms with van der Waals surface area (Å²) in [4.78, 5) is 12.5. The predicted octanol–water partition coefficient (Wildman–Crippen LogP) is 2.92. The number of benzene rings is 1. The molecular formula is C17H18O2. The summed E-state index contributed by atoms with van der Waals surface area (Å²) in [6.45, 7) is 2.15. The molecule has 3 aliphatic carbocycles. The summed E-state index contributed by atoms with van der Waals surface area (Å²) in [5.74, 6) is 0.692. The van der Waals surface area contributed by atoms with Crippen LogP contribution in [0, 0.1) is 11.8 Å². The van der Waals surface area contributed by atoms with E-state index in [2.05, 4.69) is 19.1 Å². The maximum absolute atomic E-state index is 12.5. The van der Waals surface area contributed by atoms with Gasteiger partial charge in [-0.05, 0) is 35.8 Å². The molecule has 0 bridgehead atoms. The van der Waals surface area contributed by atoms with Crippen LogP contribution in [0.4, 0.5) is 0 Å². The topological polar surface area (TPSA) is 37.3 Å². The number of allylic oxidation sites excluding steroid dienone is 2. The fourth-order valence-electron chi connectivity index (χ4n) is 4.69.